The van der Waals surface area contributed by atoms with E-state index in [1.165, 1.54) is 0 Å². The summed E-state index contributed by atoms with van der Waals surface area (Å²) in [5.74, 6) is 0.842. The molecule has 1 aromatic carbocycles. The highest BCUT2D eigenvalue weighted by molar-refractivity contribution is 6.01. The molecule has 0 aromatic heterocycles. The number of nitrogen functional groups attached to an aromatic ring is 1. The van der Waals surface area contributed by atoms with Gasteiger partial charge in [-0.2, -0.15) is 0 Å². The van der Waals surface area contributed by atoms with Crippen molar-refractivity contribution in [2.75, 3.05) is 12.3 Å². The van der Waals surface area contributed by atoms with E-state index < -0.39 is 0 Å². The minimum absolute atomic E-state index is 0.126. The van der Waals surface area contributed by atoms with E-state index in [0.717, 1.165) is 11.1 Å². The Morgan fingerprint density at radius 1 is 1.36 bits per heavy atom. The Bertz CT molecular complexity index is 410. The molecule has 1 heterocycles. The summed E-state index contributed by atoms with van der Waals surface area (Å²) in [6.07, 6.45) is 0.453. The molecule has 0 spiro atoms. The lowest BCUT2D eigenvalue weighted by Crippen LogP contribution is -2.17. The third-order valence-electron chi connectivity index (χ3n) is 2.76. The van der Waals surface area contributed by atoms with Gasteiger partial charge in [-0.25, -0.2) is 0 Å². The highest BCUT2D eigenvalue weighted by atomic mass is 16.5. The summed E-state index contributed by atoms with van der Waals surface area (Å²) in [6, 6.07) is 1.72. The van der Waals surface area contributed by atoms with Gasteiger partial charge in [-0.15, -0.1) is 0 Å². The van der Waals surface area contributed by atoms with Crippen LogP contribution in [0.4, 0.5) is 5.69 Å². The van der Waals surface area contributed by atoms with Crippen LogP contribution in [0.15, 0.2) is 6.07 Å². The number of hydrogen-bond donors (Lipinski definition) is 1. The van der Waals surface area contributed by atoms with E-state index >= 15 is 0 Å². The Hall–Kier alpha value is -1.51. The second-order valence-electron chi connectivity index (χ2n) is 3.61. The van der Waals surface area contributed by atoms with Crippen LogP contribution in [-0.2, 0) is 0 Å². The molecule has 74 valence electrons. The molecule has 0 amide bonds. The van der Waals surface area contributed by atoms with Gasteiger partial charge in [0, 0.05) is 12.1 Å². The molecule has 0 bridgehead atoms. The SMILES string of the molecule is Cc1c(N)cc2c(c1C)OCCC2=O. The first-order chi connectivity index (χ1) is 6.61. The number of ether oxygens (including phenoxy) is 1. The topological polar surface area (TPSA) is 52.3 Å². The largest absolute Gasteiger partial charge is 0.492 e. The van der Waals surface area contributed by atoms with Crippen LogP contribution < -0.4 is 10.5 Å². The number of hydrogen-bond acceptors (Lipinski definition) is 3. The lowest BCUT2D eigenvalue weighted by atomic mass is 9.97. The third kappa shape index (κ3) is 1.16. The fourth-order valence-electron chi connectivity index (χ4n) is 1.69. The van der Waals surface area contributed by atoms with Crippen LogP contribution in [-0.4, -0.2) is 12.4 Å². The Kier molecular flexibility index (Phi) is 1.95. The van der Waals surface area contributed by atoms with Crippen LogP contribution in [0.25, 0.3) is 0 Å². The predicted molar refractivity (Wildman–Crippen MR) is 54.8 cm³/mol. The van der Waals surface area contributed by atoms with E-state index in [9.17, 15) is 4.79 Å². The minimum atomic E-state index is 0.126. The number of nitrogens with two attached hydrogens (primary N) is 1. The lowest BCUT2D eigenvalue weighted by molar-refractivity contribution is 0.0933. The first-order valence-electron chi connectivity index (χ1n) is 4.67. The Morgan fingerprint density at radius 2 is 2.07 bits per heavy atom. The van der Waals surface area contributed by atoms with Crippen LogP contribution in [0, 0.1) is 13.8 Å². The van der Waals surface area contributed by atoms with E-state index in [4.69, 9.17) is 10.5 Å². The molecule has 1 aliphatic rings. The van der Waals surface area contributed by atoms with Gasteiger partial charge < -0.3 is 10.5 Å². The second kappa shape index (κ2) is 3.01. The molecule has 0 fully saturated rings. The number of fused-ring (bicyclic) bond motifs is 1. The quantitative estimate of drug-likeness (QED) is 0.637. The van der Waals surface area contributed by atoms with Crippen LogP contribution in [0.3, 0.4) is 0 Å². The summed E-state index contributed by atoms with van der Waals surface area (Å²) < 4.78 is 5.48. The Morgan fingerprint density at radius 3 is 2.79 bits per heavy atom. The van der Waals surface area contributed by atoms with Crippen LogP contribution in [0.2, 0.25) is 0 Å². The van der Waals surface area contributed by atoms with Gasteiger partial charge in [0.25, 0.3) is 0 Å². The maximum Gasteiger partial charge on any atom is 0.170 e. The molecule has 2 rings (SSSR count). The minimum Gasteiger partial charge on any atom is -0.492 e. The molecule has 0 atom stereocenters. The summed E-state index contributed by atoms with van der Waals surface area (Å²) in [5, 5.41) is 0. The number of anilines is 1. The zero-order chi connectivity index (χ0) is 10.3. The molecular weight excluding hydrogens is 178 g/mol. The Balaban J connectivity index is 2.69. The van der Waals surface area contributed by atoms with Crippen LogP contribution >= 0.6 is 0 Å². The number of rotatable bonds is 0. The summed E-state index contributed by atoms with van der Waals surface area (Å²) in [5.41, 5.74) is 9.08. The zero-order valence-corrected chi connectivity index (χ0v) is 8.39. The molecule has 14 heavy (non-hydrogen) atoms. The fraction of sp³-hybridized carbons (Fsp3) is 0.364. The number of Topliss-reactive ketones (excluding diaryl/α,β-unsaturated/α-hetero) is 1. The molecule has 0 unspecified atom stereocenters. The predicted octanol–water partition coefficient (Wildman–Crippen LogP) is 1.85. The van der Waals surface area contributed by atoms with Gasteiger partial charge in [0.1, 0.15) is 5.75 Å². The van der Waals surface area contributed by atoms with E-state index in [1.54, 1.807) is 6.07 Å². The van der Waals surface area contributed by atoms with E-state index in [2.05, 4.69) is 0 Å². The van der Waals surface area contributed by atoms with Gasteiger partial charge in [-0.05, 0) is 31.0 Å². The van der Waals surface area contributed by atoms with Crippen molar-refractivity contribution in [3.63, 3.8) is 0 Å². The third-order valence-corrected chi connectivity index (χ3v) is 2.76. The van der Waals surface area contributed by atoms with Crippen molar-refractivity contribution in [3.8, 4) is 5.75 Å². The number of carbonyl (C=O) groups excluding carboxylic acids is 1. The smallest absolute Gasteiger partial charge is 0.170 e. The van der Waals surface area contributed by atoms with Crippen molar-refractivity contribution in [2.45, 2.75) is 20.3 Å². The van der Waals surface area contributed by atoms with Crippen molar-refractivity contribution in [3.05, 3.63) is 22.8 Å². The molecule has 0 aliphatic carbocycles. The molecule has 3 nitrogen and oxygen atoms in total. The maximum atomic E-state index is 11.6. The van der Waals surface area contributed by atoms with E-state index in [1.807, 2.05) is 13.8 Å². The van der Waals surface area contributed by atoms with Crippen molar-refractivity contribution in [2.24, 2.45) is 0 Å². The summed E-state index contributed by atoms with van der Waals surface area (Å²) in [7, 11) is 0. The van der Waals surface area contributed by atoms with Gasteiger partial charge in [0.05, 0.1) is 12.2 Å². The van der Waals surface area contributed by atoms with Crippen LogP contribution in [0.1, 0.15) is 27.9 Å². The molecule has 1 aromatic rings. The van der Waals surface area contributed by atoms with Crippen LogP contribution in [0.5, 0.6) is 5.75 Å². The standard InChI is InChI=1S/C11H13NO2/c1-6-7(2)11-8(5-9(6)12)10(13)3-4-14-11/h5H,3-4,12H2,1-2H3. The van der Waals surface area contributed by atoms with Crippen molar-refractivity contribution in [1.29, 1.82) is 0 Å². The summed E-state index contributed by atoms with van der Waals surface area (Å²) in [4.78, 5) is 11.6. The van der Waals surface area contributed by atoms with Gasteiger partial charge in [0.2, 0.25) is 0 Å². The highest BCUT2D eigenvalue weighted by Crippen LogP contribution is 2.33. The molecule has 0 radical (unpaired) electrons. The van der Waals surface area contributed by atoms with Gasteiger partial charge >= 0.3 is 0 Å². The highest BCUT2D eigenvalue weighted by Gasteiger charge is 2.22. The zero-order valence-electron chi connectivity index (χ0n) is 8.39. The lowest BCUT2D eigenvalue weighted by Gasteiger charge is -2.20. The fourth-order valence-corrected chi connectivity index (χ4v) is 1.69. The van der Waals surface area contributed by atoms with Gasteiger partial charge in [-0.3, -0.25) is 4.79 Å². The van der Waals surface area contributed by atoms with Gasteiger partial charge in [-0.1, -0.05) is 0 Å². The Labute approximate surface area is 82.9 Å². The molecule has 2 N–H and O–H groups in total. The average Bonchev–Trinajstić information content (AvgIpc) is 2.17. The number of benzene rings is 1. The number of ketones is 1. The summed E-state index contributed by atoms with van der Waals surface area (Å²) >= 11 is 0. The van der Waals surface area contributed by atoms with Crippen molar-refractivity contribution < 1.29 is 9.53 Å². The van der Waals surface area contributed by atoms with Crippen molar-refractivity contribution >= 4 is 11.5 Å². The monoisotopic (exact) mass is 191 g/mol. The second-order valence-corrected chi connectivity index (χ2v) is 3.61. The van der Waals surface area contributed by atoms with Crippen molar-refractivity contribution in [1.82, 2.24) is 0 Å². The molecule has 0 saturated heterocycles. The van der Waals surface area contributed by atoms with E-state index in [-0.39, 0.29) is 5.78 Å². The molecule has 3 heteroatoms. The summed E-state index contributed by atoms with van der Waals surface area (Å²) in [6.45, 7) is 4.35. The maximum absolute atomic E-state index is 11.6. The first-order valence-corrected chi connectivity index (χ1v) is 4.67. The first kappa shape index (κ1) is 9.06. The average molecular weight is 191 g/mol. The molecule has 0 saturated carbocycles. The van der Waals surface area contributed by atoms with Gasteiger partial charge in [0.15, 0.2) is 5.78 Å². The molecular formula is C11H13NO2. The van der Waals surface area contributed by atoms with E-state index in [0.29, 0.717) is 30.0 Å². The molecule has 1 aliphatic heterocycles. The normalized spacial score (nSPS) is 14.9. The number of carbonyl (C=O) groups is 1.